The number of carboxylic acids is 1. The minimum absolute atomic E-state index is 0.107. The Labute approximate surface area is 501 Å². The molecule has 0 saturated carbocycles. The third kappa shape index (κ3) is 31.2. The molecule has 0 spiro atoms. The lowest BCUT2D eigenvalue weighted by Gasteiger charge is -2.28. The molecular formula is C50H76F12N14O13. The summed E-state index contributed by atoms with van der Waals surface area (Å²) >= 11 is 0. The van der Waals surface area contributed by atoms with Gasteiger partial charge in [-0.15, -0.1) is 0 Å². The minimum Gasteiger partial charge on any atom is -0.480 e. The third-order valence-electron chi connectivity index (χ3n) is 13.2. The molecule has 0 unspecified atom stereocenters. The Balaban J connectivity index is 3.88. The second-order valence-corrected chi connectivity index (χ2v) is 20.7. The maximum Gasteiger partial charge on any atom is 0.471 e. The van der Waals surface area contributed by atoms with Gasteiger partial charge in [0.1, 0.15) is 42.3 Å². The van der Waals surface area contributed by atoms with Crippen molar-refractivity contribution in [1.82, 2.24) is 63.4 Å². The van der Waals surface area contributed by atoms with Crippen molar-refractivity contribution in [3.63, 3.8) is 0 Å². The first-order valence-corrected chi connectivity index (χ1v) is 28.0. The van der Waals surface area contributed by atoms with Crippen LogP contribution >= 0.6 is 0 Å². The molecule has 0 aromatic heterocycles. The molecule has 0 aromatic rings. The van der Waals surface area contributed by atoms with Gasteiger partial charge in [0.2, 0.25) is 41.4 Å². The van der Waals surface area contributed by atoms with E-state index in [1.807, 2.05) is 0 Å². The number of unbranched alkanes of at least 4 members (excludes halogenated alkanes) is 4. The number of carboxylic acid groups (broad SMARTS) is 1. The third-order valence-corrected chi connectivity index (χ3v) is 13.2. The van der Waals surface area contributed by atoms with Crippen molar-refractivity contribution < 1.29 is 115 Å². The van der Waals surface area contributed by atoms with Crippen LogP contribution in [0.4, 0.5) is 52.7 Å². The predicted molar refractivity (Wildman–Crippen MR) is 285 cm³/mol. The fourth-order valence-corrected chi connectivity index (χ4v) is 8.52. The summed E-state index contributed by atoms with van der Waals surface area (Å²) in [5.41, 5.74) is 5.37. The highest BCUT2D eigenvalue weighted by molar-refractivity contribution is 5.97. The Bertz CT molecular complexity index is 2440. The van der Waals surface area contributed by atoms with Crippen molar-refractivity contribution in [1.29, 1.82) is 5.41 Å². The first-order valence-electron chi connectivity index (χ1n) is 28.0. The molecular weight excluding hydrogens is 1230 g/mol. The van der Waals surface area contributed by atoms with Crippen LogP contribution in [0.1, 0.15) is 124 Å². The maximum absolute atomic E-state index is 14.5. The van der Waals surface area contributed by atoms with Crippen LogP contribution in [-0.2, 0) is 57.5 Å². The average molecular weight is 1310 g/mol. The van der Waals surface area contributed by atoms with Crippen LogP contribution in [0, 0.1) is 11.3 Å². The lowest BCUT2D eigenvalue weighted by atomic mass is 10.0. The molecule has 27 nitrogen and oxygen atoms in total. The molecule has 7 atom stereocenters. The van der Waals surface area contributed by atoms with Gasteiger partial charge >= 0.3 is 54.3 Å². The van der Waals surface area contributed by atoms with Crippen molar-refractivity contribution in [3.05, 3.63) is 0 Å². The number of hydrogen-bond donors (Lipinski definition) is 14. The first kappa shape index (κ1) is 79.1. The number of nitrogens with zero attached hydrogens (tertiary/aromatic N) is 1. The van der Waals surface area contributed by atoms with Gasteiger partial charge in [-0.25, -0.2) is 4.79 Å². The van der Waals surface area contributed by atoms with Gasteiger partial charge in [-0.1, -0.05) is 13.8 Å². The lowest BCUT2D eigenvalue weighted by molar-refractivity contribution is -0.173. The second-order valence-electron chi connectivity index (χ2n) is 20.7. The molecule has 1 rings (SSSR count). The van der Waals surface area contributed by atoms with E-state index in [1.165, 1.54) is 18.7 Å². The predicted octanol–water partition coefficient (Wildman–Crippen LogP) is 0.305. The summed E-state index contributed by atoms with van der Waals surface area (Å²) in [5, 5.41) is 40.1. The van der Waals surface area contributed by atoms with Crippen LogP contribution in [0.2, 0.25) is 0 Å². The van der Waals surface area contributed by atoms with Crippen molar-refractivity contribution in [2.75, 3.05) is 39.3 Å². The SMILES string of the molecule is CC(=O)N1CCC[C@H]1C(=O)N[C@@H](CCCCNC(=O)C(F)(F)F)C(=O)N[C@@H](CCCCNC(=O)C(F)(F)F)C(=O)N[C@@H](CCCCNC(=O)C(F)(F)F)C(=O)N[C@@H](CCCNC(=N)N)C(=O)N[C@@H](CCCCNC(=O)C(F)(F)F)C(=O)N[C@H](C(=O)O)C(C)C. The van der Waals surface area contributed by atoms with Gasteiger partial charge in [0.25, 0.3) is 0 Å². The number of likely N-dealkylation sites (tertiary alicyclic amines) is 1. The largest absolute Gasteiger partial charge is 0.480 e. The molecule has 39 heteroatoms. The Kier molecular flexibility index (Phi) is 33.6. The van der Waals surface area contributed by atoms with Crippen molar-refractivity contribution >= 4 is 76.9 Å². The van der Waals surface area contributed by atoms with Gasteiger partial charge in [-0.05, 0) is 109 Å². The van der Waals surface area contributed by atoms with Gasteiger partial charge in [0, 0.05) is 46.2 Å². The zero-order chi connectivity index (χ0) is 68.0. The highest BCUT2D eigenvalue weighted by Crippen LogP contribution is 2.21. The van der Waals surface area contributed by atoms with E-state index < -0.39 is 208 Å². The fourth-order valence-electron chi connectivity index (χ4n) is 8.52. The summed E-state index contributed by atoms with van der Waals surface area (Å²) < 4.78 is 155. The van der Waals surface area contributed by atoms with Gasteiger partial charge in [-0.2, -0.15) is 52.7 Å². The summed E-state index contributed by atoms with van der Waals surface area (Å²) in [7, 11) is 0. The molecule has 0 aliphatic carbocycles. The molecule has 0 radical (unpaired) electrons. The summed E-state index contributed by atoms with van der Waals surface area (Å²) in [6.07, 6.45) is -25.5. The molecule has 508 valence electrons. The number of carbonyl (C=O) groups is 12. The number of rotatable bonds is 38. The van der Waals surface area contributed by atoms with E-state index in [4.69, 9.17) is 11.1 Å². The molecule has 0 bridgehead atoms. The molecule has 1 aliphatic heterocycles. The number of amides is 11. The number of nitrogens with two attached hydrogens (primary N) is 1. The van der Waals surface area contributed by atoms with Gasteiger partial charge in [0.05, 0.1) is 0 Å². The monoisotopic (exact) mass is 1310 g/mol. The Morgan fingerprint density at radius 1 is 0.461 bits per heavy atom. The summed E-state index contributed by atoms with van der Waals surface area (Å²) in [6, 6.07) is -11.7. The minimum atomic E-state index is -5.32. The molecule has 15 N–H and O–H groups in total. The highest BCUT2D eigenvalue weighted by atomic mass is 19.4. The molecule has 1 aliphatic rings. The molecule has 1 fully saturated rings. The van der Waals surface area contributed by atoms with E-state index in [9.17, 15) is 115 Å². The molecule has 1 saturated heterocycles. The smallest absolute Gasteiger partial charge is 0.471 e. The Morgan fingerprint density at radius 2 is 0.742 bits per heavy atom. The molecule has 89 heavy (non-hydrogen) atoms. The second kappa shape index (κ2) is 37.8. The molecule has 1 heterocycles. The Morgan fingerprint density at radius 3 is 1.01 bits per heavy atom. The fraction of sp³-hybridized carbons (Fsp3) is 0.740. The van der Waals surface area contributed by atoms with Crippen LogP contribution in [0.25, 0.3) is 0 Å². The van der Waals surface area contributed by atoms with Gasteiger partial charge in [0.15, 0.2) is 5.96 Å². The van der Waals surface area contributed by atoms with E-state index in [1.54, 1.807) is 21.3 Å². The lowest BCUT2D eigenvalue weighted by Crippen LogP contribution is -2.60. The van der Waals surface area contributed by atoms with Crippen LogP contribution in [0.5, 0.6) is 0 Å². The maximum atomic E-state index is 14.5. The number of nitrogens with one attached hydrogen (secondary N) is 12. The number of hydrogen-bond acceptors (Lipinski definition) is 13. The normalized spacial score (nSPS) is 15.6. The van der Waals surface area contributed by atoms with Crippen molar-refractivity contribution in [2.24, 2.45) is 11.7 Å². The van der Waals surface area contributed by atoms with E-state index in [0.717, 1.165) is 6.92 Å². The number of alkyl halides is 12. The van der Waals surface area contributed by atoms with Crippen molar-refractivity contribution in [2.45, 2.75) is 191 Å². The van der Waals surface area contributed by atoms with E-state index in [2.05, 4.69) is 37.2 Å². The summed E-state index contributed by atoms with van der Waals surface area (Å²) in [4.78, 5) is 156. The summed E-state index contributed by atoms with van der Waals surface area (Å²) in [6.45, 7) is 1.40. The van der Waals surface area contributed by atoms with Crippen LogP contribution in [-0.4, -0.2) is 193 Å². The van der Waals surface area contributed by atoms with E-state index in [0.29, 0.717) is 6.42 Å². The first-order chi connectivity index (χ1) is 41.2. The van der Waals surface area contributed by atoms with Crippen LogP contribution in [0.3, 0.4) is 0 Å². The average Bonchev–Trinajstić information content (AvgIpc) is 3.40. The van der Waals surface area contributed by atoms with E-state index in [-0.39, 0.29) is 77.3 Å². The van der Waals surface area contributed by atoms with Gasteiger partial charge < -0.3 is 74.2 Å². The van der Waals surface area contributed by atoms with E-state index >= 15 is 0 Å². The van der Waals surface area contributed by atoms with Crippen molar-refractivity contribution in [3.8, 4) is 0 Å². The highest BCUT2D eigenvalue weighted by Gasteiger charge is 2.42. The van der Waals surface area contributed by atoms with Crippen LogP contribution < -0.4 is 64.2 Å². The Hall–Kier alpha value is -7.93. The van der Waals surface area contributed by atoms with Gasteiger partial charge in [-0.3, -0.25) is 58.1 Å². The number of guanidine groups is 1. The molecule has 0 aromatic carbocycles. The topological polar surface area (TPSA) is 411 Å². The number of carbonyl (C=O) groups excluding carboxylic acids is 11. The summed E-state index contributed by atoms with van der Waals surface area (Å²) in [5.74, 6) is -19.7. The quantitative estimate of drug-likeness (QED) is 0.0171. The number of aliphatic carboxylic acids is 1. The van der Waals surface area contributed by atoms with Crippen LogP contribution in [0.15, 0.2) is 0 Å². The zero-order valence-electron chi connectivity index (χ0n) is 48.6. The molecule has 11 amide bonds. The zero-order valence-corrected chi connectivity index (χ0v) is 48.6. The standard InChI is InChI=1S/C50H76F12N14O13/c1-26(2)34(41(84)85)75-39(82)31(17-7-11-23-68-45(89)50(60,61)62)72-38(81)32(18-12-24-69-46(63)64)73-36(79)29(15-5-9-21-66-43(87)48(54,55)56)70-35(78)28(14-4-8-20-65-42(86)47(51,52)53)71-37(80)30(16-6-10-22-67-44(88)49(57,58)59)74-40(83)33-19-13-25-76(33)27(3)77/h26,28-34H,4-25H2,1-3H3,(H,65,86)(H,66,87)(H,67,88)(H,68,89)(H,70,78)(H,71,80)(H,72,81)(H,73,79)(H,74,83)(H,75,82)(H,84,85)(H4,63,64,69)/t28-,29-,30-,31-,32-,33-,34-/m0/s1. The number of halogens is 12.